The average molecular weight is 409 g/mol. The quantitative estimate of drug-likeness (QED) is 0.582. The van der Waals surface area contributed by atoms with Gasteiger partial charge in [-0.15, -0.1) is 11.3 Å². The highest BCUT2D eigenvalue weighted by molar-refractivity contribution is 7.14. The van der Waals surface area contributed by atoms with Gasteiger partial charge in [0.05, 0.1) is 12.3 Å². The molecule has 1 aliphatic rings. The number of nitrogens with one attached hydrogen (secondary N) is 2. The summed E-state index contributed by atoms with van der Waals surface area (Å²) in [6.45, 7) is 6.78. The molecule has 1 fully saturated rings. The molecule has 0 unspecified atom stereocenters. The minimum atomic E-state index is -0.0419. The normalized spacial score (nSPS) is 13.6. The first-order valence-electron chi connectivity index (χ1n) is 9.69. The summed E-state index contributed by atoms with van der Waals surface area (Å²) in [6.07, 6.45) is 0. The molecule has 150 valence electrons. The van der Waals surface area contributed by atoms with E-state index in [0.717, 1.165) is 33.3 Å². The number of rotatable bonds is 7. The molecule has 29 heavy (non-hydrogen) atoms. The molecule has 2 aromatic carbocycles. The van der Waals surface area contributed by atoms with Gasteiger partial charge in [-0.25, -0.2) is 9.78 Å². The molecule has 6 nitrogen and oxygen atoms in total. The van der Waals surface area contributed by atoms with E-state index >= 15 is 0 Å². The van der Waals surface area contributed by atoms with Crippen molar-refractivity contribution in [1.82, 2.24) is 10.3 Å². The van der Waals surface area contributed by atoms with Crippen LogP contribution in [0.2, 0.25) is 0 Å². The van der Waals surface area contributed by atoms with Gasteiger partial charge in [0.15, 0.2) is 5.13 Å². The van der Waals surface area contributed by atoms with Crippen molar-refractivity contribution in [3.05, 3.63) is 59.0 Å². The fourth-order valence-electron chi connectivity index (χ4n) is 3.36. The van der Waals surface area contributed by atoms with Crippen molar-refractivity contribution in [3.63, 3.8) is 0 Å². The largest absolute Gasteiger partial charge is 0.377 e. The number of benzene rings is 2. The highest BCUT2D eigenvalue weighted by Crippen LogP contribution is 2.29. The van der Waals surface area contributed by atoms with Crippen molar-refractivity contribution in [2.45, 2.75) is 20.5 Å². The zero-order chi connectivity index (χ0) is 20.2. The highest BCUT2D eigenvalue weighted by Gasteiger charge is 2.20. The standard InChI is InChI=1S/C22H24N4O2S/c1-3-28-13-16-10-15(2)11-18(12-16)24-21-25-20(14-29-21)17-4-6-19(7-5-17)26-9-8-23-22(26)27/h4-7,10-12,14H,3,8-9,13H2,1-2H3,(H,23,27)(H,24,25). The zero-order valence-electron chi connectivity index (χ0n) is 16.6. The Bertz CT molecular complexity index is 1000. The van der Waals surface area contributed by atoms with Crippen molar-refractivity contribution in [3.8, 4) is 11.3 Å². The maximum Gasteiger partial charge on any atom is 0.321 e. The summed E-state index contributed by atoms with van der Waals surface area (Å²) in [4.78, 5) is 18.3. The predicted molar refractivity (Wildman–Crippen MR) is 118 cm³/mol. The molecule has 7 heteroatoms. The fraction of sp³-hybridized carbons (Fsp3) is 0.273. The van der Waals surface area contributed by atoms with E-state index in [1.54, 1.807) is 16.2 Å². The summed E-state index contributed by atoms with van der Waals surface area (Å²) in [5.41, 5.74) is 6.18. The van der Waals surface area contributed by atoms with Crippen LogP contribution in [0.1, 0.15) is 18.1 Å². The lowest BCUT2D eigenvalue weighted by atomic mass is 10.1. The molecule has 0 radical (unpaired) electrons. The molecule has 0 bridgehead atoms. The van der Waals surface area contributed by atoms with E-state index < -0.39 is 0 Å². The third kappa shape index (κ3) is 4.58. The van der Waals surface area contributed by atoms with Gasteiger partial charge in [0.1, 0.15) is 0 Å². The molecule has 0 saturated carbocycles. The molecule has 4 rings (SSSR count). The minimum Gasteiger partial charge on any atom is -0.377 e. The van der Waals surface area contributed by atoms with Crippen LogP contribution >= 0.6 is 11.3 Å². The molecular weight excluding hydrogens is 384 g/mol. The summed E-state index contributed by atoms with van der Waals surface area (Å²) in [5, 5.41) is 9.11. The van der Waals surface area contributed by atoms with E-state index in [1.807, 2.05) is 36.6 Å². The Morgan fingerprint density at radius 2 is 2.07 bits per heavy atom. The molecule has 3 aromatic rings. The SMILES string of the molecule is CCOCc1cc(C)cc(Nc2nc(-c3ccc(N4CCNC4=O)cc3)cs2)c1. The third-order valence-corrected chi connectivity index (χ3v) is 5.45. The second-order valence-electron chi connectivity index (χ2n) is 6.94. The minimum absolute atomic E-state index is 0.0419. The zero-order valence-corrected chi connectivity index (χ0v) is 17.4. The molecule has 0 atom stereocenters. The maximum absolute atomic E-state index is 11.8. The van der Waals surface area contributed by atoms with Crippen LogP contribution in [0.4, 0.5) is 21.3 Å². The van der Waals surface area contributed by atoms with Gasteiger partial charge >= 0.3 is 6.03 Å². The van der Waals surface area contributed by atoms with Gasteiger partial charge in [0.2, 0.25) is 0 Å². The number of anilines is 3. The number of carbonyl (C=O) groups excluding carboxylic acids is 1. The number of urea groups is 1. The van der Waals surface area contributed by atoms with Crippen LogP contribution in [-0.4, -0.2) is 30.7 Å². The summed E-state index contributed by atoms with van der Waals surface area (Å²) in [6, 6.07) is 14.2. The van der Waals surface area contributed by atoms with Crippen molar-refractivity contribution in [1.29, 1.82) is 0 Å². The number of aromatic nitrogens is 1. The lowest BCUT2D eigenvalue weighted by Crippen LogP contribution is -2.27. The van der Waals surface area contributed by atoms with Crippen LogP contribution < -0.4 is 15.5 Å². The van der Waals surface area contributed by atoms with Crippen LogP contribution in [0.3, 0.4) is 0 Å². The van der Waals surface area contributed by atoms with Crippen molar-refractivity contribution < 1.29 is 9.53 Å². The third-order valence-electron chi connectivity index (χ3n) is 4.70. The lowest BCUT2D eigenvalue weighted by molar-refractivity contribution is 0.134. The fourth-order valence-corrected chi connectivity index (χ4v) is 4.10. The Hall–Kier alpha value is -2.90. The number of hydrogen-bond donors (Lipinski definition) is 2. The van der Waals surface area contributed by atoms with Crippen molar-refractivity contribution >= 4 is 33.9 Å². The van der Waals surface area contributed by atoms with E-state index in [1.165, 1.54) is 5.56 Å². The van der Waals surface area contributed by atoms with E-state index in [0.29, 0.717) is 26.3 Å². The summed E-state index contributed by atoms with van der Waals surface area (Å²) < 4.78 is 5.53. The van der Waals surface area contributed by atoms with E-state index in [9.17, 15) is 4.79 Å². The van der Waals surface area contributed by atoms with Crippen LogP contribution in [0.5, 0.6) is 0 Å². The second kappa shape index (κ2) is 8.63. The first-order valence-corrected chi connectivity index (χ1v) is 10.6. The van der Waals surface area contributed by atoms with Gasteiger partial charge in [-0.05, 0) is 49.2 Å². The second-order valence-corrected chi connectivity index (χ2v) is 7.80. The van der Waals surface area contributed by atoms with Crippen LogP contribution in [0, 0.1) is 6.92 Å². The van der Waals surface area contributed by atoms with Gasteiger partial charge in [0, 0.05) is 42.0 Å². The van der Waals surface area contributed by atoms with E-state index in [4.69, 9.17) is 9.72 Å². The van der Waals surface area contributed by atoms with Crippen molar-refractivity contribution in [2.24, 2.45) is 0 Å². The Kier molecular flexibility index (Phi) is 5.78. The Balaban J connectivity index is 1.47. The molecule has 1 saturated heterocycles. The maximum atomic E-state index is 11.8. The topological polar surface area (TPSA) is 66.5 Å². The van der Waals surface area contributed by atoms with Gasteiger partial charge in [-0.1, -0.05) is 18.2 Å². The first kappa shape index (κ1) is 19.4. The summed E-state index contributed by atoms with van der Waals surface area (Å²) in [7, 11) is 0. The number of amides is 2. The molecule has 0 spiro atoms. The van der Waals surface area contributed by atoms with Gasteiger partial charge in [0.25, 0.3) is 0 Å². The molecule has 2 N–H and O–H groups in total. The Morgan fingerprint density at radius 1 is 1.24 bits per heavy atom. The molecule has 1 aliphatic heterocycles. The number of aryl methyl sites for hydroxylation is 1. The van der Waals surface area contributed by atoms with Gasteiger partial charge in [-0.3, -0.25) is 4.90 Å². The van der Waals surface area contributed by atoms with Crippen LogP contribution in [0.15, 0.2) is 47.8 Å². The molecule has 0 aliphatic carbocycles. The van der Waals surface area contributed by atoms with E-state index in [-0.39, 0.29) is 6.03 Å². The monoisotopic (exact) mass is 408 g/mol. The van der Waals surface area contributed by atoms with Crippen LogP contribution in [-0.2, 0) is 11.3 Å². The van der Waals surface area contributed by atoms with Gasteiger partial charge < -0.3 is 15.4 Å². The molecular formula is C22H24N4O2S. The Labute approximate surface area is 174 Å². The van der Waals surface area contributed by atoms with Crippen molar-refractivity contribution in [2.75, 3.05) is 29.9 Å². The smallest absolute Gasteiger partial charge is 0.321 e. The predicted octanol–water partition coefficient (Wildman–Crippen LogP) is 4.93. The lowest BCUT2D eigenvalue weighted by Gasteiger charge is -2.14. The molecule has 2 heterocycles. The number of ether oxygens (including phenoxy) is 1. The summed E-state index contributed by atoms with van der Waals surface area (Å²) >= 11 is 1.57. The summed E-state index contributed by atoms with van der Waals surface area (Å²) in [5.74, 6) is 0. The molecule has 1 aromatic heterocycles. The van der Waals surface area contributed by atoms with Crippen LogP contribution in [0.25, 0.3) is 11.3 Å². The van der Waals surface area contributed by atoms with Gasteiger partial charge in [-0.2, -0.15) is 0 Å². The average Bonchev–Trinajstić information content (AvgIpc) is 3.35. The number of thiazole rings is 1. The first-order chi connectivity index (χ1) is 14.1. The highest BCUT2D eigenvalue weighted by atomic mass is 32.1. The number of hydrogen-bond acceptors (Lipinski definition) is 5. The molecule has 2 amide bonds. The number of nitrogens with zero attached hydrogens (tertiary/aromatic N) is 2. The van der Waals surface area contributed by atoms with E-state index in [2.05, 4.69) is 35.8 Å². The number of carbonyl (C=O) groups is 1. The Morgan fingerprint density at radius 3 is 2.79 bits per heavy atom.